The van der Waals surface area contributed by atoms with Gasteiger partial charge in [-0.3, -0.25) is 0 Å². The molecule has 0 spiro atoms. The van der Waals surface area contributed by atoms with E-state index in [1.807, 2.05) is 0 Å². The van der Waals surface area contributed by atoms with E-state index in [4.69, 9.17) is 2.81 Å². The van der Waals surface area contributed by atoms with Crippen LogP contribution < -0.4 is 0 Å². The van der Waals surface area contributed by atoms with E-state index in [-0.39, 0.29) is 68.3 Å². The van der Waals surface area contributed by atoms with Crippen LogP contribution in [0, 0.1) is 0 Å². The number of hydrogen-bond acceptors (Lipinski definition) is 1. The minimum atomic E-state index is 0. The van der Waals surface area contributed by atoms with E-state index >= 15 is 0 Å². The van der Waals surface area contributed by atoms with Crippen molar-refractivity contribution in [2.75, 3.05) is 0 Å². The van der Waals surface area contributed by atoms with Crippen LogP contribution in [0.15, 0.2) is 0 Å². The maximum Gasteiger partial charge on any atom is 0 e. The van der Waals surface area contributed by atoms with Crippen LogP contribution in [-0.4, -0.2) is 42.1 Å². The summed E-state index contributed by atoms with van der Waals surface area (Å²) in [6.07, 6.45) is 0. The zero-order valence-electron chi connectivity index (χ0n) is 1.41. The van der Waals surface area contributed by atoms with Crippen LogP contribution in [0.25, 0.3) is 0 Å². The summed E-state index contributed by atoms with van der Waals surface area (Å²) in [5.41, 5.74) is 0. The first-order valence-electron chi connectivity index (χ1n) is 0.204. The van der Waals surface area contributed by atoms with Crippen molar-refractivity contribution < 1.29 is 29.0 Å². The Kier molecular flexibility index (Phi) is 80.3. The molecule has 0 aliphatic carbocycles. The molecule has 0 aromatic heterocycles. The van der Waals surface area contributed by atoms with Gasteiger partial charge in [0, 0.05) is 26.2 Å². The SMILES string of the molecule is [AlH3].[O]=[BiH].[Zr]. The molecular formula is H4AlBiOZr. The Morgan fingerprint density at radius 3 is 1.25 bits per heavy atom. The van der Waals surface area contributed by atoms with Gasteiger partial charge in [0.25, 0.3) is 0 Å². The first-order chi connectivity index (χ1) is 1.00. The van der Waals surface area contributed by atoms with E-state index in [0.29, 0.717) is 0 Å². The van der Waals surface area contributed by atoms with Gasteiger partial charge in [-0.2, -0.15) is 0 Å². The Morgan fingerprint density at radius 2 is 1.25 bits per heavy atom. The molecule has 0 atom stereocenters. The molecule has 0 fully saturated rings. The van der Waals surface area contributed by atoms with Crippen LogP contribution in [0.3, 0.4) is 0 Å². The summed E-state index contributed by atoms with van der Waals surface area (Å²) in [4.78, 5) is 0. The zero-order valence-corrected chi connectivity index (χ0v) is 7.75. The number of rotatable bonds is 0. The summed E-state index contributed by atoms with van der Waals surface area (Å²) >= 11 is 0.0556. The van der Waals surface area contributed by atoms with Crippen LogP contribution in [0.4, 0.5) is 0 Å². The van der Waals surface area contributed by atoms with Crippen molar-refractivity contribution in [1.82, 2.24) is 0 Å². The summed E-state index contributed by atoms with van der Waals surface area (Å²) in [7, 11) is 0. The normalized spacial score (nSPS) is 1.00. The first kappa shape index (κ1) is 16.5. The molecule has 0 bridgehead atoms. The fourth-order valence-electron chi connectivity index (χ4n) is 0. The van der Waals surface area contributed by atoms with Gasteiger partial charge >= 0.3 is 27.5 Å². The average Bonchev–Trinajstić information content (AvgIpc) is 1.00. The summed E-state index contributed by atoms with van der Waals surface area (Å²) in [5, 5.41) is 0. The van der Waals surface area contributed by atoms with Crippen LogP contribution in [0.5, 0.6) is 0 Å². The summed E-state index contributed by atoms with van der Waals surface area (Å²) < 4.78 is 8.39. The average molecular weight is 347 g/mol. The molecule has 0 N–H and O–H groups in total. The van der Waals surface area contributed by atoms with Crippen LogP contribution >= 0.6 is 0 Å². The van der Waals surface area contributed by atoms with E-state index in [1.165, 1.54) is 0 Å². The molecule has 4 heavy (non-hydrogen) atoms. The van der Waals surface area contributed by atoms with Gasteiger partial charge in [0.05, 0.1) is 0 Å². The minimum absolute atomic E-state index is 0. The van der Waals surface area contributed by atoms with Crippen LogP contribution in [0.1, 0.15) is 0 Å². The maximum atomic E-state index is 8.39. The van der Waals surface area contributed by atoms with Crippen molar-refractivity contribution >= 4 is 42.1 Å². The van der Waals surface area contributed by atoms with Gasteiger partial charge in [0.2, 0.25) is 0 Å². The molecule has 0 aliphatic rings. The third-order valence-electron chi connectivity index (χ3n) is 0. The largest absolute Gasteiger partial charge is 0 e. The molecule has 0 aromatic carbocycles. The van der Waals surface area contributed by atoms with E-state index in [1.54, 1.807) is 0 Å². The molecule has 0 amide bonds. The second kappa shape index (κ2) is 19.4. The van der Waals surface area contributed by atoms with Crippen molar-refractivity contribution in [1.29, 1.82) is 0 Å². The fourth-order valence-corrected chi connectivity index (χ4v) is 0. The molecule has 0 saturated heterocycles. The molecule has 0 unspecified atom stereocenters. The third-order valence-corrected chi connectivity index (χ3v) is 0. The first-order valence-corrected chi connectivity index (χ1v) is 1.79. The topological polar surface area (TPSA) is 17.1 Å². The van der Waals surface area contributed by atoms with Crippen molar-refractivity contribution in [2.24, 2.45) is 0 Å². The second-order valence-corrected chi connectivity index (χ2v) is 0. The molecule has 0 rings (SSSR count). The van der Waals surface area contributed by atoms with E-state index in [9.17, 15) is 0 Å². The van der Waals surface area contributed by atoms with Crippen molar-refractivity contribution in [3.05, 3.63) is 0 Å². The molecule has 0 heterocycles. The molecular weight excluding hydrogens is 343 g/mol. The van der Waals surface area contributed by atoms with Gasteiger partial charge in [0.15, 0.2) is 17.4 Å². The van der Waals surface area contributed by atoms with Gasteiger partial charge in [-0.15, -0.1) is 0 Å². The molecule has 0 saturated carbocycles. The van der Waals surface area contributed by atoms with Gasteiger partial charge in [-0.05, 0) is 0 Å². The van der Waals surface area contributed by atoms with E-state index in [2.05, 4.69) is 0 Å². The molecule has 1 nitrogen and oxygen atoms in total. The van der Waals surface area contributed by atoms with Crippen LogP contribution in [0.2, 0.25) is 0 Å². The molecule has 22 valence electrons. The predicted octanol–water partition coefficient (Wildman–Crippen LogP) is -1.95. The fraction of sp³-hybridized carbons (Fsp3) is 0. The van der Waals surface area contributed by atoms with Gasteiger partial charge in [-0.1, -0.05) is 0 Å². The molecule has 0 radical (unpaired) electrons. The monoisotopic (exact) mass is 346 g/mol. The maximum absolute atomic E-state index is 8.39. The number of hydrogen-bond donors (Lipinski definition) is 0. The summed E-state index contributed by atoms with van der Waals surface area (Å²) in [6.45, 7) is 0. The molecule has 4 heteroatoms. The second-order valence-electron chi connectivity index (χ2n) is 0. The third kappa shape index (κ3) is 8.94. The zero-order chi connectivity index (χ0) is 2.00. The van der Waals surface area contributed by atoms with Crippen molar-refractivity contribution in [3.8, 4) is 0 Å². The molecule has 0 aliphatic heterocycles. The quantitative estimate of drug-likeness (QED) is 0.466. The Bertz CT molecular complexity index is 8.00. The smallest absolute Gasteiger partial charge is 0 e. The van der Waals surface area contributed by atoms with Gasteiger partial charge in [0.1, 0.15) is 0 Å². The summed E-state index contributed by atoms with van der Waals surface area (Å²) in [5.74, 6) is 0. The van der Waals surface area contributed by atoms with Crippen LogP contribution in [-0.2, 0) is 29.0 Å². The van der Waals surface area contributed by atoms with Gasteiger partial charge in [-0.25, -0.2) is 0 Å². The van der Waals surface area contributed by atoms with E-state index in [0.717, 1.165) is 0 Å². The Labute approximate surface area is 70.1 Å². The van der Waals surface area contributed by atoms with Crippen molar-refractivity contribution in [2.45, 2.75) is 0 Å². The Morgan fingerprint density at radius 1 is 1.25 bits per heavy atom. The Hall–Kier alpha value is 2.10. The minimum Gasteiger partial charge on any atom is 0 e. The predicted molar refractivity (Wildman–Crippen MR) is 17.8 cm³/mol. The Balaban J connectivity index is -0.00000000500. The van der Waals surface area contributed by atoms with Gasteiger partial charge < -0.3 is 0 Å². The van der Waals surface area contributed by atoms with E-state index < -0.39 is 0 Å². The standard InChI is InChI=1S/Al.Bi.O.Zr.4H. The summed E-state index contributed by atoms with van der Waals surface area (Å²) in [6, 6.07) is 0. The molecule has 0 aromatic rings. The van der Waals surface area contributed by atoms with Crippen molar-refractivity contribution in [3.63, 3.8) is 0 Å².